The number of pyridine rings is 1. The minimum absolute atomic E-state index is 0.141. The SMILES string of the molecule is COc1ccnc(C(=O)CC(=O)N(Cc2cccc(Cl)c2)c2cccc(C(=O)N(C)C)c2)c1. The van der Waals surface area contributed by atoms with Crippen LogP contribution in [0.2, 0.25) is 5.02 Å². The van der Waals surface area contributed by atoms with Crippen LogP contribution in [0.15, 0.2) is 66.9 Å². The highest BCUT2D eigenvalue weighted by Crippen LogP contribution is 2.23. The van der Waals surface area contributed by atoms with Crippen molar-refractivity contribution in [1.82, 2.24) is 9.88 Å². The number of hydrogen-bond acceptors (Lipinski definition) is 5. The number of methoxy groups -OCH3 is 1. The lowest BCUT2D eigenvalue weighted by Crippen LogP contribution is -2.32. The molecule has 0 aliphatic heterocycles. The van der Waals surface area contributed by atoms with Gasteiger partial charge in [0.2, 0.25) is 5.91 Å². The van der Waals surface area contributed by atoms with E-state index in [2.05, 4.69) is 4.98 Å². The van der Waals surface area contributed by atoms with E-state index in [0.29, 0.717) is 22.0 Å². The smallest absolute Gasteiger partial charge is 0.253 e. The molecule has 1 aromatic heterocycles. The predicted octanol–water partition coefficient (Wildman–Crippen LogP) is 4.25. The highest BCUT2D eigenvalue weighted by molar-refractivity contribution is 6.30. The summed E-state index contributed by atoms with van der Waals surface area (Å²) in [7, 11) is 4.80. The van der Waals surface area contributed by atoms with Crippen molar-refractivity contribution in [3.05, 3.63) is 88.7 Å². The molecule has 33 heavy (non-hydrogen) atoms. The number of rotatable bonds is 8. The molecule has 3 rings (SSSR count). The molecule has 170 valence electrons. The van der Waals surface area contributed by atoms with E-state index in [9.17, 15) is 14.4 Å². The fourth-order valence-corrected chi connectivity index (χ4v) is 3.43. The van der Waals surface area contributed by atoms with Gasteiger partial charge in [-0.1, -0.05) is 29.8 Å². The van der Waals surface area contributed by atoms with Crippen molar-refractivity contribution in [3.63, 3.8) is 0 Å². The number of benzene rings is 2. The molecule has 0 aliphatic carbocycles. The van der Waals surface area contributed by atoms with Crippen molar-refractivity contribution >= 4 is 34.9 Å². The average Bonchev–Trinajstić information content (AvgIpc) is 2.82. The van der Waals surface area contributed by atoms with E-state index in [1.54, 1.807) is 62.6 Å². The van der Waals surface area contributed by atoms with Crippen molar-refractivity contribution in [2.45, 2.75) is 13.0 Å². The van der Waals surface area contributed by atoms with Gasteiger partial charge in [-0.25, -0.2) is 0 Å². The first-order chi connectivity index (χ1) is 15.8. The van der Waals surface area contributed by atoms with E-state index in [4.69, 9.17) is 16.3 Å². The van der Waals surface area contributed by atoms with Crippen LogP contribution in [0, 0.1) is 0 Å². The number of halogens is 1. The van der Waals surface area contributed by atoms with Crippen LogP contribution in [-0.2, 0) is 11.3 Å². The van der Waals surface area contributed by atoms with Crippen molar-refractivity contribution in [2.75, 3.05) is 26.1 Å². The van der Waals surface area contributed by atoms with Gasteiger partial charge in [-0.2, -0.15) is 0 Å². The third kappa shape index (κ3) is 6.17. The first kappa shape index (κ1) is 23.9. The third-order valence-electron chi connectivity index (χ3n) is 4.91. The molecule has 0 bridgehead atoms. The Labute approximate surface area is 197 Å². The summed E-state index contributed by atoms with van der Waals surface area (Å²) in [4.78, 5) is 45.5. The van der Waals surface area contributed by atoms with Crippen LogP contribution in [0.5, 0.6) is 5.75 Å². The van der Waals surface area contributed by atoms with Gasteiger partial charge in [0, 0.05) is 42.6 Å². The molecule has 0 saturated carbocycles. The van der Waals surface area contributed by atoms with E-state index in [1.807, 2.05) is 6.07 Å². The number of hydrogen-bond donors (Lipinski definition) is 0. The number of aromatic nitrogens is 1. The third-order valence-corrected chi connectivity index (χ3v) is 5.14. The zero-order chi connectivity index (χ0) is 24.0. The second-order valence-corrected chi connectivity index (χ2v) is 7.98. The van der Waals surface area contributed by atoms with Gasteiger partial charge >= 0.3 is 0 Å². The Morgan fingerprint density at radius 3 is 2.45 bits per heavy atom. The first-order valence-corrected chi connectivity index (χ1v) is 10.6. The zero-order valence-corrected chi connectivity index (χ0v) is 19.4. The van der Waals surface area contributed by atoms with E-state index >= 15 is 0 Å². The Bertz CT molecular complexity index is 1180. The van der Waals surface area contributed by atoms with Crippen LogP contribution >= 0.6 is 11.6 Å². The summed E-state index contributed by atoms with van der Waals surface area (Å²) in [5.41, 5.74) is 1.86. The van der Waals surface area contributed by atoms with Crippen LogP contribution in [0.1, 0.15) is 32.8 Å². The summed E-state index contributed by atoms with van der Waals surface area (Å²) in [6, 6.07) is 17.0. The molecule has 1 heterocycles. The van der Waals surface area contributed by atoms with E-state index in [0.717, 1.165) is 5.56 Å². The van der Waals surface area contributed by atoms with E-state index < -0.39 is 18.1 Å². The van der Waals surface area contributed by atoms with Gasteiger partial charge in [0.15, 0.2) is 5.78 Å². The standard InChI is InChI=1S/C25H24ClN3O4/c1-28(2)25(32)18-7-5-9-20(13-18)29(16-17-6-4-8-19(26)12-17)24(31)15-23(30)22-14-21(33-3)10-11-27-22/h4-14H,15-16H2,1-3H3. The maximum atomic E-state index is 13.3. The van der Waals surface area contributed by atoms with Crippen LogP contribution in [0.4, 0.5) is 5.69 Å². The van der Waals surface area contributed by atoms with Gasteiger partial charge in [0.1, 0.15) is 11.4 Å². The van der Waals surface area contributed by atoms with Gasteiger partial charge in [0.05, 0.1) is 20.1 Å². The van der Waals surface area contributed by atoms with Crippen LogP contribution in [-0.4, -0.2) is 48.7 Å². The predicted molar refractivity (Wildman–Crippen MR) is 127 cm³/mol. The normalized spacial score (nSPS) is 10.4. The fourth-order valence-electron chi connectivity index (χ4n) is 3.22. The Balaban J connectivity index is 1.93. The van der Waals surface area contributed by atoms with Crippen molar-refractivity contribution < 1.29 is 19.1 Å². The maximum Gasteiger partial charge on any atom is 0.253 e. The summed E-state index contributed by atoms with van der Waals surface area (Å²) in [6.07, 6.45) is 1.06. The lowest BCUT2D eigenvalue weighted by molar-refractivity contribution is -0.117. The molecule has 3 aromatic rings. The van der Waals surface area contributed by atoms with Crippen molar-refractivity contribution in [3.8, 4) is 5.75 Å². The van der Waals surface area contributed by atoms with Gasteiger partial charge < -0.3 is 14.5 Å². The number of ketones is 1. The molecular formula is C25H24ClN3O4. The van der Waals surface area contributed by atoms with Gasteiger partial charge in [-0.3, -0.25) is 19.4 Å². The fraction of sp³-hybridized carbons (Fsp3) is 0.200. The molecule has 0 saturated heterocycles. The Hall–Kier alpha value is -3.71. The first-order valence-electron chi connectivity index (χ1n) is 10.2. The minimum atomic E-state index is -0.435. The number of nitrogens with zero attached hydrogens (tertiary/aromatic N) is 3. The molecule has 7 nitrogen and oxygen atoms in total. The molecule has 0 N–H and O–H groups in total. The largest absolute Gasteiger partial charge is 0.497 e. The van der Waals surface area contributed by atoms with Gasteiger partial charge in [-0.15, -0.1) is 0 Å². The zero-order valence-electron chi connectivity index (χ0n) is 18.6. The molecule has 0 unspecified atom stereocenters. The summed E-state index contributed by atoms with van der Waals surface area (Å²) in [5, 5.41) is 0.535. The Kier molecular flexibility index (Phi) is 7.79. The number of ether oxygens (including phenoxy) is 1. The number of carbonyl (C=O) groups excluding carboxylic acids is 3. The van der Waals surface area contributed by atoms with Crippen molar-refractivity contribution in [2.24, 2.45) is 0 Å². The van der Waals surface area contributed by atoms with Crippen LogP contribution < -0.4 is 9.64 Å². The highest BCUT2D eigenvalue weighted by atomic mass is 35.5. The Morgan fingerprint density at radius 2 is 1.76 bits per heavy atom. The number of Topliss-reactive ketones (excluding diaryl/α,β-unsaturated/α-hetero) is 1. The van der Waals surface area contributed by atoms with Gasteiger partial charge in [-0.05, 0) is 42.0 Å². The molecule has 2 amide bonds. The lowest BCUT2D eigenvalue weighted by Gasteiger charge is -2.24. The van der Waals surface area contributed by atoms with E-state index in [-0.39, 0.29) is 18.1 Å². The molecule has 2 aromatic carbocycles. The summed E-state index contributed by atoms with van der Waals surface area (Å²) in [5.74, 6) is -0.579. The topological polar surface area (TPSA) is 79.8 Å². The minimum Gasteiger partial charge on any atom is -0.497 e. The highest BCUT2D eigenvalue weighted by Gasteiger charge is 2.22. The van der Waals surface area contributed by atoms with Crippen LogP contribution in [0.25, 0.3) is 0 Å². The average molecular weight is 466 g/mol. The summed E-state index contributed by atoms with van der Waals surface area (Å²) in [6.45, 7) is 0.178. The summed E-state index contributed by atoms with van der Waals surface area (Å²) < 4.78 is 5.14. The second-order valence-electron chi connectivity index (χ2n) is 7.54. The maximum absolute atomic E-state index is 13.3. The molecule has 0 aliphatic rings. The number of carbonyl (C=O) groups is 3. The Morgan fingerprint density at radius 1 is 1.00 bits per heavy atom. The monoisotopic (exact) mass is 465 g/mol. The quantitative estimate of drug-likeness (QED) is 0.367. The molecular weight excluding hydrogens is 442 g/mol. The molecule has 8 heteroatoms. The second kappa shape index (κ2) is 10.7. The molecule has 0 radical (unpaired) electrons. The van der Waals surface area contributed by atoms with E-state index in [1.165, 1.54) is 29.2 Å². The molecule has 0 atom stereocenters. The molecule has 0 fully saturated rings. The van der Waals surface area contributed by atoms with Gasteiger partial charge in [0.25, 0.3) is 5.91 Å². The van der Waals surface area contributed by atoms with Crippen LogP contribution in [0.3, 0.4) is 0 Å². The summed E-state index contributed by atoms with van der Waals surface area (Å²) >= 11 is 6.12. The lowest BCUT2D eigenvalue weighted by atomic mass is 10.1. The number of anilines is 1. The van der Waals surface area contributed by atoms with Crippen molar-refractivity contribution in [1.29, 1.82) is 0 Å². The molecule has 0 spiro atoms. The number of amides is 2.